The second-order valence-corrected chi connectivity index (χ2v) is 3.50. The fraction of sp³-hybridized carbons (Fsp3) is 0.400. The Kier molecular flexibility index (Phi) is 3.72. The number of rotatable bonds is 3. The van der Waals surface area contributed by atoms with Crippen molar-refractivity contribution in [2.75, 3.05) is 7.11 Å². The van der Waals surface area contributed by atoms with Crippen LogP contribution in [0.25, 0.3) is 0 Å². The van der Waals surface area contributed by atoms with Gasteiger partial charge in [0, 0.05) is 18.2 Å². The molecule has 0 fully saturated rings. The standard InChI is InChI=1S/C10H14ClNO/c1-7(12)10(13-2)8-3-5-9(11)6-4-8/h3-7,10H,12H2,1-2H3/t7-,10+/m0/s1. The summed E-state index contributed by atoms with van der Waals surface area (Å²) in [5.41, 5.74) is 6.82. The van der Waals surface area contributed by atoms with Crippen LogP contribution in [-0.2, 0) is 4.74 Å². The molecule has 2 atom stereocenters. The predicted molar refractivity (Wildman–Crippen MR) is 54.9 cm³/mol. The maximum atomic E-state index is 5.77. The summed E-state index contributed by atoms with van der Waals surface area (Å²) in [6.45, 7) is 1.92. The van der Waals surface area contributed by atoms with Crippen molar-refractivity contribution >= 4 is 11.6 Å². The largest absolute Gasteiger partial charge is 0.375 e. The first-order valence-corrected chi connectivity index (χ1v) is 4.56. The van der Waals surface area contributed by atoms with Crippen molar-refractivity contribution in [2.45, 2.75) is 19.1 Å². The van der Waals surface area contributed by atoms with Crippen molar-refractivity contribution < 1.29 is 4.74 Å². The lowest BCUT2D eigenvalue weighted by atomic mass is 10.0. The van der Waals surface area contributed by atoms with Gasteiger partial charge in [0.15, 0.2) is 0 Å². The van der Waals surface area contributed by atoms with Gasteiger partial charge in [0.1, 0.15) is 0 Å². The number of methoxy groups -OCH3 is 1. The smallest absolute Gasteiger partial charge is 0.0969 e. The van der Waals surface area contributed by atoms with Crippen molar-refractivity contribution in [3.63, 3.8) is 0 Å². The number of ether oxygens (including phenoxy) is 1. The average Bonchev–Trinajstić information content (AvgIpc) is 2.09. The van der Waals surface area contributed by atoms with Crippen molar-refractivity contribution in [1.29, 1.82) is 0 Å². The van der Waals surface area contributed by atoms with E-state index in [2.05, 4.69) is 0 Å². The lowest BCUT2D eigenvalue weighted by molar-refractivity contribution is 0.0854. The lowest BCUT2D eigenvalue weighted by Crippen LogP contribution is -2.25. The second kappa shape index (κ2) is 4.61. The van der Waals surface area contributed by atoms with E-state index in [1.54, 1.807) is 7.11 Å². The first-order valence-electron chi connectivity index (χ1n) is 4.19. The predicted octanol–water partition coefficient (Wildman–Crippen LogP) is 2.37. The summed E-state index contributed by atoms with van der Waals surface area (Å²) in [7, 11) is 1.66. The Balaban J connectivity index is 2.86. The highest BCUT2D eigenvalue weighted by Crippen LogP contribution is 2.21. The van der Waals surface area contributed by atoms with Gasteiger partial charge in [0.05, 0.1) is 6.10 Å². The fourth-order valence-electron chi connectivity index (χ4n) is 1.31. The van der Waals surface area contributed by atoms with E-state index in [1.165, 1.54) is 0 Å². The Hall–Kier alpha value is -0.570. The van der Waals surface area contributed by atoms with Crippen LogP contribution >= 0.6 is 11.6 Å². The molecule has 2 N–H and O–H groups in total. The molecule has 0 saturated heterocycles. The van der Waals surface area contributed by atoms with Crippen LogP contribution in [0.2, 0.25) is 5.02 Å². The number of halogens is 1. The van der Waals surface area contributed by atoms with Gasteiger partial charge in [-0.25, -0.2) is 0 Å². The summed E-state index contributed by atoms with van der Waals surface area (Å²) < 4.78 is 5.27. The second-order valence-electron chi connectivity index (χ2n) is 3.07. The molecular formula is C10H14ClNO. The molecule has 2 nitrogen and oxygen atoms in total. The SMILES string of the molecule is CO[C@@H](c1ccc(Cl)cc1)[C@H](C)N. The molecule has 0 spiro atoms. The molecule has 3 heteroatoms. The summed E-state index contributed by atoms with van der Waals surface area (Å²) in [5, 5.41) is 0.725. The molecule has 13 heavy (non-hydrogen) atoms. The maximum Gasteiger partial charge on any atom is 0.0969 e. The molecule has 0 saturated carbocycles. The van der Waals surface area contributed by atoms with Crippen molar-refractivity contribution in [3.8, 4) is 0 Å². The Morgan fingerprint density at radius 3 is 2.23 bits per heavy atom. The molecule has 0 radical (unpaired) electrons. The molecule has 0 aliphatic rings. The summed E-state index contributed by atoms with van der Waals surface area (Å²) in [6.07, 6.45) is -0.0581. The van der Waals surface area contributed by atoms with Gasteiger partial charge in [-0.2, -0.15) is 0 Å². The molecule has 0 amide bonds. The van der Waals surface area contributed by atoms with Gasteiger partial charge in [0.25, 0.3) is 0 Å². The third kappa shape index (κ3) is 2.69. The van der Waals surface area contributed by atoms with Crippen LogP contribution in [0.3, 0.4) is 0 Å². The van der Waals surface area contributed by atoms with E-state index in [1.807, 2.05) is 31.2 Å². The van der Waals surface area contributed by atoms with E-state index < -0.39 is 0 Å². The van der Waals surface area contributed by atoms with Crippen LogP contribution in [0, 0.1) is 0 Å². The number of hydrogen-bond donors (Lipinski definition) is 1. The topological polar surface area (TPSA) is 35.2 Å². The summed E-state index contributed by atoms with van der Waals surface area (Å²) >= 11 is 5.77. The van der Waals surface area contributed by atoms with Crippen molar-refractivity contribution in [2.24, 2.45) is 5.73 Å². The zero-order chi connectivity index (χ0) is 9.84. The normalized spacial score (nSPS) is 15.4. The van der Waals surface area contributed by atoms with Gasteiger partial charge in [-0.15, -0.1) is 0 Å². The van der Waals surface area contributed by atoms with Crippen LogP contribution in [0.15, 0.2) is 24.3 Å². The highest BCUT2D eigenvalue weighted by molar-refractivity contribution is 6.30. The summed E-state index contributed by atoms with van der Waals surface area (Å²) in [4.78, 5) is 0. The Morgan fingerprint density at radius 2 is 1.85 bits per heavy atom. The van der Waals surface area contributed by atoms with E-state index in [-0.39, 0.29) is 12.1 Å². The highest BCUT2D eigenvalue weighted by Gasteiger charge is 2.14. The molecule has 0 aliphatic heterocycles. The minimum absolute atomic E-state index is 0.0221. The zero-order valence-corrected chi connectivity index (χ0v) is 8.58. The molecule has 0 bridgehead atoms. The van der Waals surface area contributed by atoms with E-state index >= 15 is 0 Å². The van der Waals surface area contributed by atoms with Gasteiger partial charge in [0.2, 0.25) is 0 Å². The molecule has 1 aromatic carbocycles. The van der Waals surface area contributed by atoms with Crippen LogP contribution in [0.1, 0.15) is 18.6 Å². The first-order chi connectivity index (χ1) is 6.15. The van der Waals surface area contributed by atoms with Crippen LogP contribution in [0.5, 0.6) is 0 Å². The lowest BCUT2D eigenvalue weighted by Gasteiger charge is -2.19. The Morgan fingerprint density at radius 1 is 1.31 bits per heavy atom. The maximum absolute atomic E-state index is 5.77. The molecule has 0 unspecified atom stereocenters. The molecular weight excluding hydrogens is 186 g/mol. The fourth-order valence-corrected chi connectivity index (χ4v) is 1.43. The van der Waals surface area contributed by atoms with Gasteiger partial charge in [-0.3, -0.25) is 0 Å². The van der Waals surface area contributed by atoms with Crippen molar-refractivity contribution in [3.05, 3.63) is 34.9 Å². The molecule has 72 valence electrons. The van der Waals surface area contributed by atoms with Crippen LogP contribution in [0.4, 0.5) is 0 Å². The van der Waals surface area contributed by atoms with Crippen LogP contribution < -0.4 is 5.73 Å². The summed E-state index contributed by atoms with van der Waals surface area (Å²) in [5.74, 6) is 0. The van der Waals surface area contributed by atoms with Gasteiger partial charge in [-0.1, -0.05) is 23.7 Å². The molecule has 1 rings (SSSR count). The molecule has 0 aliphatic carbocycles. The number of hydrogen-bond acceptors (Lipinski definition) is 2. The summed E-state index contributed by atoms with van der Waals surface area (Å²) in [6, 6.07) is 7.52. The van der Waals surface area contributed by atoms with E-state index in [0.29, 0.717) is 0 Å². The quantitative estimate of drug-likeness (QED) is 0.812. The van der Waals surface area contributed by atoms with E-state index in [0.717, 1.165) is 10.6 Å². The Bertz CT molecular complexity index is 258. The first kappa shape index (κ1) is 10.5. The number of nitrogens with two attached hydrogens (primary N) is 1. The highest BCUT2D eigenvalue weighted by atomic mass is 35.5. The molecule has 0 heterocycles. The van der Waals surface area contributed by atoms with E-state index in [4.69, 9.17) is 22.1 Å². The third-order valence-electron chi connectivity index (χ3n) is 1.93. The van der Waals surface area contributed by atoms with E-state index in [9.17, 15) is 0 Å². The minimum atomic E-state index is -0.0581. The monoisotopic (exact) mass is 199 g/mol. The minimum Gasteiger partial charge on any atom is -0.375 e. The third-order valence-corrected chi connectivity index (χ3v) is 2.18. The Labute approximate surface area is 83.6 Å². The number of benzene rings is 1. The average molecular weight is 200 g/mol. The van der Waals surface area contributed by atoms with Gasteiger partial charge in [-0.05, 0) is 24.6 Å². The zero-order valence-electron chi connectivity index (χ0n) is 7.83. The molecule has 0 aromatic heterocycles. The van der Waals surface area contributed by atoms with Crippen molar-refractivity contribution in [1.82, 2.24) is 0 Å². The van der Waals surface area contributed by atoms with Gasteiger partial charge < -0.3 is 10.5 Å². The van der Waals surface area contributed by atoms with Gasteiger partial charge >= 0.3 is 0 Å². The molecule has 1 aromatic rings. The van der Waals surface area contributed by atoms with Crippen LogP contribution in [-0.4, -0.2) is 13.2 Å².